The normalized spacial score (nSPS) is 18.1. The summed E-state index contributed by atoms with van der Waals surface area (Å²) in [5.41, 5.74) is 2.34. The molecule has 0 spiro atoms. The smallest absolute Gasteiger partial charge is 0.193 e. The van der Waals surface area contributed by atoms with Gasteiger partial charge in [-0.3, -0.25) is 4.79 Å². The highest BCUT2D eigenvalue weighted by Crippen LogP contribution is 2.41. The molecule has 0 radical (unpaired) electrons. The van der Waals surface area contributed by atoms with Gasteiger partial charge in [0.05, 0.1) is 28.8 Å². The number of terminal acetylenes is 1. The van der Waals surface area contributed by atoms with Crippen molar-refractivity contribution in [3.63, 3.8) is 0 Å². The molecule has 3 rings (SSSR count). The lowest BCUT2D eigenvalue weighted by atomic mass is 9.82. The number of hydrogen-bond donors (Lipinski definition) is 1. The van der Waals surface area contributed by atoms with Crippen LogP contribution in [0.2, 0.25) is 0 Å². The molecule has 0 fully saturated rings. The van der Waals surface area contributed by atoms with Gasteiger partial charge >= 0.3 is 0 Å². The first-order chi connectivity index (χ1) is 14.5. The lowest BCUT2D eigenvalue weighted by molar-refractivity contribution is -0.119. The Morgan fingerprint density at radius 2 is 2.03 bits per heavy atom. The second kappa shape index (κ2) is 9.88. The summed E-state index contributed by atoms with van der Waals surface area (Å²) in [6.07, 6.45) is 5.33. The molecular formula is C23H21BrN2O3S. The van der Waals surface area contributed by atoms with Crippen molar-refractivity contribution < 1.29 is 14.3 Å². The Balaban J connectivity index is 2.09. The molecule has 2 aromatic rings. The molecule has 0 saturated heterocycles. The Morgan fingerprint density at radius 3 is 2.67 bits per heavy atom. The van der Waals surface area contributed by atoms with E-state index in [1.807, 2.05) is 49.4 Å². The summed E-state index contributed by atoms with van der Waals surface area (Å²) in [5, 5.41) is 3.53. The van der Waals surface area contributed by atoms with Gasteiger partial charge in [-0.2, -0.15) is 0 Å². The van der Waals surface area contributed by atoms with E-state index in [2.05, 4.69) is 32.2 Å². The van der Waals surface area contributed by atoms with E-state index in [1.54, 1.807) is 6.92 Å². The van der Waals surface area contributed by atoms with Gasteiger partial charge in [-0.1, -0.05) is 36.3 Å². The number of Topliss-reactive ketones (excluding diaryl/α,β-unsaturated/α-hetero) is 1. The monoisotopic (exact) mass is 484 g/mol. The molecular weight excluding hydrogens is 464 g/mol. The van der Waals surface area contributed by atoms with E-state index in [4.69, 9.17) is 28.1 Å². The summed E-state index contributed by atoms with van der Waals surface area (Å²) in [5.74, 6) is 2.98. The highest BCUT2D eigenvalue weighted by molar-refractivity contribution is 9.10. The second-order valence-electron chi connectivity index (χ2n) is 6.63. The molecule has 1 heterocycles. The van der Waals surface area contributed by atoms with Crippen molar-refractivity contribution >= 4 is 44.8 Å². The van der Waals surface area contributed by atoms with Crippen LogP contribution in [0.25, 0.3) is 0 Å². The number of carbonyl (C=O) groups excluding carboxylic acids is 1. The van der Waals surface area contributed by atoms with Gasteiger partial charge in [0.15, 0.2) is 16.6 Å². The Hall–Kier alpha value is -2.69. The van der Waals surface area contributed by atoms with E-state index >= 15 is 0 Å². The number of carbonyl (C=O) groups is 1. The van der Waals surface area contributed by atoms with Crippen LogP contribution in [0.15, 0.2) is 51.9 Å². The van der Waals surface area contributed by atoms with Crippen molar-refractivity contribution in [1.82, 2.24) is 5.32 Å². The number of hydrogen-bond acceptors (Lipinski definition) is 4. The van der Waals surface area contributed by atoms with Gasteiger partial charge < -0.3 is 14.8 Å². The fourth-order valence-corrected chi connectivity index (χ4v) is 4.23. The summed E-state index contributed by atoms with van der Waals surface area (Å²) in [4.78, 5) is 17.2. The Kier molecular flexibility index (Phi) is 7.24. The summed E-state index contributed by atoms with van der Waals surface area (Å²) in [6, 6.07) is 12.9. The molecule has 154 valence electrons. The van der Waals surface area contributed by atoms with Crippen LogP contribution >= 0.6 is 28.1 Å². The maximum atomic E-state index is 12.7. The quantitative estimate of drug-likeness (QED) is 0.463. The molecule has 0 saturated carbocycles. The SMILES string of the molecule is C#CCOc1c(Br)cc(C2NC(=S)N=C(c3ccccc3)C2C(C)=O)cc1OCC. The molecule has 5 nitrogen and oxygen atoms in total. The zero-order valence-corrected chi connectivity index (χ0v) is 19.0. The Labute approximate surface area is 190 Å². The van der Waals surface area contributed by atoms with Crippen molar-refractivity contribution in [3.05, 3.63) is 58.1 Å². The van der Waals surface area contributed by atoms with E-state index in [9.17, 15) is 4.79 Å². The number of aliphatic imine (C=N–C) groups is 1. The molecule has 7 heteroatoms. The molecule has 0 amide bonds. The van der Waals surface area contributed by atoms with Gasteiger partial charge in [0.1, 0.15) is 12.4 Å². The average molecular weight is 485 g/mol. The second-order valence-corrected chi connectivity index (χ2v) is 7.88. The van der Waals surface area contributed by atoms with Gasteiger partial charge in [-0.15, -0.1) is 6.42 Å². The minimum absolute atomic E-state index is 0.0145. The molecule has 1 N–H and O–H groups in total. The fourth-order valence-electron chi connectivity index (χ4n) is 3.43. The van der Waals surface area contributed by atoms with Crippen LogP contribution in [-0.4, -0.2) is 29.8 Å². The van der Waals surface area contributed by atoms with Crippen LogP contribution in [0, 0.1) is 18.3 Å². The molecule has 30 heavy (non-hydrogen) atoms. The lowest BCUT2D eigenvalue weighted by Crippen LogP contribution is -2.44. The zero-order chi connectivity index (χ0) is 21.7. The first-order valence-electron chi connectivity index (χ1n) is 9.43. The van der Waals surface area contributed by atoms with Gasteiger partial charge in [-0.05, 0) is 65.3 Å². The van der Waals surface area contributed by atoms with Crippen LogP contribution < -0.4 is 14.8 Å². The number of nitrogens with zero attached hydrogens (tertiary/aromatic N) is 1. The largest absolute Gasteiger partial charge is 0.490 e. The first-order valence-corrected chi connectivity index (χ1v) is 10.6. The topological polar surface area (TPSA) is 59.9 Å². The molecule has 1 aliphatic rings. The third kappa shape index (κ3) is 4.72. The van der Waals surface area contributed by atoms with E-state index < -0.39 is 12.0 Å². The van der Waals surface area contributed by atoms with Crippen LogP contribution in [0.4, 0.5) is 0 Å². The van der Waals surface area contributed by atoms with Crippen LogP contribution in [-0.2, 0) is 4.79 Å². The van der Waals surface area contributed by atoms with Gasteiger partial charge in [0.2, 0.25) is 0 Å². The molecule has 2 aromatic carbocycles. The molecule has 2 atom stereocenters. The van der Waals surface area contributed by atoms with Crippen LogP contribution in [0.5, 0.6) is 11.5 Å². The summed E-state index contributed by atoms with van der Waals surface area (Å²) >= 11 is 8.95. The van der Waals surface area contributed by atoms with E-state index in [1.165, 1.54) is 0 Å². The first kappa shape index (κ1) is 22.0. The maximum Gasteiger partial charge on any atom is 0.193 e. The van der Waals surface area contributed by atoms with Crippen LogP contribution in [0.1, 0.15) is 31.0 Å². The van der Waals surface area contributed by atoms with E-state index in [0.717, 1.165) is 11.1 Å². The van der Waals surface area contributed by atoms with Gasteiger partial charge in [0.25, 0.3) is 0 Å². The van der Waals surface area contributed by atoms with Gasteiger partial charge in [-0.25, -0.2) is 4.99 Å². The molecule has 2 unspecified atom stereocenters. The van der Waals surface area contributed by atoms with Crippen molar-refractivity contribution in [2.75, 3.05) is 13.2 Å². The molecule has 0 aliphatic carbocycles. The molecule has 1 aliphatic heterocycles. The third-order valence-electron chi connectivity index (χ3n) is 4.63. The standard InChI is InChI=1S/C23H21BrN2O3S/c1-4-11-29-22-17(24)12-16(13-18(22)28-5-2)21-19(14(3)27)20(25-23(30)26-21)15-9-7-6-8-10-15/h1,6-10,12-13,19,21H,5,11H2,2-3H3,(H,26,30). The summed E-state index contributed by atoms with van der Waals surface area (Å²) < 4.78 is 12.1. The lowest BCUT2D eigenvalue weighted by Gasteiger charge is -2.32. The number of nitrogens with one attached hydrogen (secondary N) is 1. The fraction of sp³-hybridized carbons (Fsp3) is 0.261. The minimum Gasteiger partial charge on any atom is -0.490 e. The average Bonchev–Trinajstić information content (AvgIpc) is 2.73. The number of ketones is 1. The van der Waals surface area contributed by atoms with Crippen molar-refractivity contribution in [1.29, 1.82) is 0 Å². The third-order valence-corrected chi connectivity index (χ3v) is 5.43. The highest BCUT2D eigenvalue weighted by atomic mass is 79.9. The Bertz CT molecular complexity index is 1030. The zero-order valence-electron chi connectivity index (χ0n) is 16.6. The number of ether oxygens (including phenoxy) is 2. The highest BCUT2D eigenvalue weighted by Gasteiger charge is 2.37. The van der Waals surface area contributed by atoms with E-state index in [-0.39, 0.29) is 12.4 Å². The molecule has 0 aromatic heterocycles. The predicted molar refractivity (Wildman–Crippen MR) is 125 cm³/mol. The van der Waals surface area contributed by atoms with Crippen molar-refractivity contribution in [3.8, 4) is 23.8 Å². The van der Waals surface area contributed by atoms with Crippen molar-refractivity contribution in [2.24, 2.45) is 10.9 Å². The number of halogens is 1. The van der Waals surface area contributed by atoms with Crippen molar-refractivity contribution in [2.45, 2.75) is 19.9 Å². The minimum atomic E-state index is -0.516. The number of thiocarbonyl (C=S) groups is 1. The molecule has 0 bridgehead atoms. The van der Waals surface area contributed by atoms with Gasteiger partial charge in [0, 0.05) is 0 Å². The maximum absolute atomic E-state index is 12.7. The summed E-state index contributed by atoms with van der Waals surface area (Å²) in [7, 11) is 0. The number of benzene rings is 2. The Morgan fingerprint density at radius 1 is 1.30 bits per heavy atom. The predicted octanol–water partition coefficient (Wildman–Crippen LogP) is 4.48. The summed E-state index contributed by atoms with van der Waals surface area (Å²) in [6.45, 7) is 4.02. The van der Waals surface area contributed by atoms with E-state index in [0.29, 0.717) is 33.4 Å². The number of rotatable bonds is 7. The van der Waals surface area contributed by atoms with Crippen LogP contribution in [0.3, 0.4) is 0 Å².